The number of nitrogens with one attached hydrogen (secondary N) is 1. The molecule has 0 unspecified atom stereocenters. The topological polar surface area (TPSA) is 149 Å². The van der Waals surface area contributed by atoms with Crippen LogP contribution in [0.1, 0.15) is 47.6 Å². The first kappa shape index (κ1) is 36.6. The number of likely N-dealkylation sites (N-methyl/N-ethyl adjacent to an activating group) is 2. The first-order valence-electron chi connectivity index (χ1n) is 17.1. The molecule has 4 aromatic rings. The van der Waals surface area contributed by atoms with Crippen molar-refractivity contribution in [2.24, 2.45) is 0 Å². The monoisotopic (exact) mass is 719 g/mol. The summed E-state index contributed by atoms with van der Waals surface area (Å²) in [5.74, 6) is -3.10. The summed E-state index contributed by atoms with van der Waals surface area (Å²) in [7, 11) is 5.92. The van der Waals surface area contributed by atoms with Gasteiger partial charge in [0.05, 0.1) is 18.1 Å². The van der Waals surface area contributed by atoms with Crippen LogP contribution in [-0.2, 0) is 17.9 Å². The van der Waals surface area contributed by atoms with Gasteiger partial charge in [-0.1, -0.05) is 25.0 Å². The zero-order valence-electron chi connectivity index (χ0n) is 29.2. The minimum atomic E-state index is -5.22. The second-order valence-corrected chi connectivity index (χ2v) is 13.4. The molecule has 0 atom stereocenters. The van der Waals surface area contributed by atoms with Crippen LogP contribution in [0.5, 0.6) is 5.75 Å². The Bertz CT molecular complexity index is 1960. The van der Waals surface area contributed by atoms with E-state index in [2.05, 4.69) is 35.2 Å². The van der Waals surface area contributed by atoms with Crippen LogP contribution >= 0.6 is 0 Å². The molecule has 1 aliphatic carbocycles. The number of hydrazine groups is 1. The molecular formula is C35H40F3N11O3. The fraction of sp³-hybridized carbons (Fsp3) is 0.457. The first-order valence-corrected chi connectivity index (χ1v) is 17.1. The Morgan fingerprint density at radius 1 is 1.06 bits per heavy atom. The number of imidazole rings is 1. The van der Waals surface area contributed by atoms with E-state index in [1.54, 1.807) is 29.5 Å². The molecule has 1 saturated carbocycles. The third-order valence-corrected chi connectivity index (χ3v) is 9.21. The van der Waals surface area contributed by atoms with E-state index in [1.807, 2.05) is 36.7 Å². The molecule has 274 valence electrons. The van der Waals surface area contributed by atoms with Crippen LogP contribution in [0.15, 0.2) is 42.7 Å². The highest BCUT2D eigenvalue weighted by Crippen LogP contribution is 2.33. The minimum Gasteiger partial charge on any atom is -0.419 e. The molecular weight excluding hydrogens is 679 g/mol. The number of pyridine rings is 1. The Morgan fingerprint density at radius 3 is 2.50 bits per heavy atom. The number of esters is 1. The third-order valence-electron chi connectivity index (χ3n) is 9.21. The normalized spacial score (nSPS) is 16.0. The van der Waals surface area contributed by atoms with Crippen LogP contribution in [-0.4, -0.2) is 117 Å². The lowest BCUT2D eigenvalue weighted by Gasteiger charge is -2.32. The Labute approximate surface area is 298 Å². The SMILES string of the molecule is CN(C)CCn1cnc2c(N(NC(=O)c3cccc(-c4ccc(CN5CCN(C)CC5)cc4OC(=O)C(F)(F)F)n3)C3CCCC3)nc(C#N)nc21. The van der Waals surface area contributed by atoms with Gasteiger partial charge in [0.25, 0.3) is 5.91 Å². The molecule has 1 N–H and O–H groups in total. The lowest BCUT2D eigenvalue weighted by atomic mass is 10.1. The summed E-state index contributed by atoms with van der Waals surface area (Å²) in [5.41, 5.74) is 4.66. The molecule has 17 heteroatoms. The van der Waals surface area contributed by atoms with Crippen LogP contribution in [0.4, 0.5) is 19.0 Å². The van der Waals surface area contributed by atoms with E-state index in [4.69, 9.17) is 4.74 Å². The van der Waals surface area contributed by atoms with Gasteiger partial charge in [-0.05, 0) is 63.8 Å². The van der Waals surface area contributed by atoms with Gasteiger partial charge in [-0.15, -0.1) is 0 Å². The summed E-state index contributed by atoms with van der Waals surface area (Å²) in [6.07, 6.45) is -0.249. The number of fused-ring (bicyclic) bond motifs is 1. The van der Waals surface area contributed by atoms with E-state index in [0.717, 1.165) is 51.9 Å². The number of hydrogen-bond donors (Lipinski definition) is 1. The number of piperazine rings is 1. The summed E-state index contributed by atoms with van der Waals surface area (Å²) in [4.78, 5) is 50.3. The maximum Gasteiger partial charge on any atom is 0.491 e. The molecule has 0 spiro atoms. The zero-order valence-corrected chi connectivity index (χ0v) is 29.2. The van der Waals surface area contributed by atoms with Crippen molar-refractivity contribution in [3.63, 3.8) is 0 Å². The van der Waals surface area contributed by atoms with Gasteiger partial charge in [0.1, 0.15) is 17.5 Å². The van der Waals surface area contributed by atoms with E-state index >= 15 is 0 Å². The fourth-order valence-electron chi connectivity index (χ4n) is 6.36. The molecule has 3 aromatic heterocycles. The second-order valence-electron chi connectivity index (χ2n) is 13.4. The average molecular weight is 720 g/mol. The number of halogens is 3. The number of amides is 1. The zero-order chi connectivity index (χ0) is 37.0. The van der Waals surface area contributed by atoms with E-state index < -0.39 is 18.1 Å². The van der Waals surface area contributed by atoms with Gasteiger partial charge in [-0.25, -0.2) is 14.8 Å². The Balaban J connectivity index is 1.31. The van der Waals surface area contributed by atoms with Crippen LogP contribution in [0, 0.1) is 11.3 Å². The largest absolute Gasteiger partial charge is 0.491 e. The standard InChI is InChI=1S/C35H40F3N11O3/c1-45(2)13-18-48-22-40-30-31(48)42-29(20-39)43-32(30)49(24-7-4-5-8-24)44-33(50)27-10-6-9-26(41-27)25-12-11-23(21-47-16-14-46(3)15-17-47)19-28(25)52-34(51)35(36,37)38/h6,9-12,19,22,24H,4-5,7-8,13-18,21H2,1-3H3,(H,44,50). The molecule has 1 amide bonds. The molecule has 2 aliphatic rings. The predicted octanol–water partition coefficient (Wildman–Crippen LogP) is 3.63. The molecule has 0 bridgehead atoms. The number of carbonyl (C=O) groups excluding carboxylic acids is 2. The van der Waals surface area contributed by atoms with E-state index in [0.29, 0.717) is 36.4 Å². The molecule has 6 rings (SSSR count). The molecule has 52 heavy (non-hydrogen) atoms. The molecule has 1 saturated heterocycles. The summed E-state index contributed by atoms with van der Waals surface area (Å²) >= 11 is 0. The second kappa shape index (κ2) is 15.6. The number of alkyl halides is 3. The van der Waals surface area contributed by atoms with E-state index in [1.165, 1.54) is 18.2 Å². The van der Waals surface area contributed by atoms with Crippen LogP contribution in [0.3, 0.4) is 0 Å². The van der Waals surface area contributed by atoms with Crippen molar-refractivity contribution in [3.8, 4) is 23.1 Å². The summed E-state index contributed by atoms with van der Waals surface area (Å²) in [6.45, 7) is 4.99. The van der Waals surface area contributed by atoms with Gasteiger partial charge < -0.3 is 19.1 Å². The number of hydrogen-bond acceptors (Lipinski definition) is 12. The molecule has 0 radical (unpaired) electrons. The highest BCUT2D eigenvalue weighted by Gasteiger charge is 2.42. The maximum atomic E-state index is 13.9. The highest BCUT2D eigenvalue weighted by molar-refractivity contribution is 5.95. The van der Waals surface area contributed by atoms with Gasteiger partial charge in [0, 0.05) is 51.4 Å². The van der Waals surface area contributed by atoms with Crippen molar-refractivity contribution < 1.29 is 27.5 Å². The van der Waals surface area contributed by atoms with Crippen molar-refractivity contribution in [3.05, 3.63) is 59.8 Å². The van der Waals surface area contributed by atoms with Gasteiger partial charge in [0.15, 0.2) is 17.0 Å². The Hall–Kier alpha value is -5.18. The number of anilines is 1. The van der Waals surface area contributed by atoms with Gasteiger partial charge >= 0.3 is 12.1 Å². The smallest absolute Gasteiger partial charge is 0.419 e. The van der Waals surface area contributed by atoms with E-state index in [-0.39, 0.29) is 40.4 Å². The van der Waals surface area contributed by atoms with Gasteiger partial charge in [-0.3, -0.25) is 20.1 Å². The summed E-state index contributed by atoms with van der Waals surface area (Å²) in [5, 5.41) is 11.4. The van der Waals surface area contributed by atoms with Crippen molar-refractivity contribution in [1.82, 2.24) is 44.6 Å². The molecule has 1 aliphatic heterocycles. The molecule has 1 aromatic carbocycles. The molecule has 4 heterocycles. The Morgan fingerprint density at radius 2 is 1.81 bits per heavy atom. The lowest BCUT2D eigenvalue weighted by Crippen LogP contribution is -2.49. The van der Waals surface area contributed by atoms with Crippen molar-refractivity contribution >= 4 is 28.9 Å². The summed E-state index contributed by atoms with van der Waals surface area (Å²) in [6, 6.07) is 11.1. The van der Waals surface area contributed by atoms with Crippen LogP contribution in [0.2, 0.25) is 0 Å². The number of ether oxygens (including phenoxy) is 1. The average Bonchev–Trinajstić information content (AvgIpc) is 3.81. The maximum absolute atomic E-state index is 13.9. The number of aromatic nitrogens is 5. The number of benzene rings is 1. The van der Waals surface area contributed by atoms with Crippen molar-refractivity contribution in [1.29, 1.82) is 5.26 Å². The number of carbonyl (C=O) groups is 2. The number of nitrogens with zero attached hydrogens (tertiary/aromatic N) is 10. The minimum absolute atomic E-state index is 0.0440. The third kappa shape index (κ3) is 8.47. The summed E-state index contributed by atoms with van der Waals surface area (Å²) < 4.78 is 46.8. The molecule has 14 nitrogen and oxygen atoms in total. The van der Waals surface area contributed by atoms with Crippen molar-refractivity contribution in [2.75, 3.05) is 58.9 Å². The van der Waals surface area contributed by atoms with Gasteiger partial charge in [-0.2, -0.15) is 28.4 Å². The number of rotatable bonds is 11. The first-order chi connectivity index (χ1) is 24.9. The predicted molar refractivity (Wildman–Crippen MR) is 185 cm³/mol. The lowest BCUT2D eigenvalue weighted by molar-refractivity contribution is -0.189. The van der Waals surface area contributed by atoms with Gasteiger partial charge in [0.2, 0.25) is 5.82 Å². The Kier molecular flexibility index (Phi) is 11.0. The number of nitriles is 1. The van der Waals surface area contributed by atoms with Crippen molar-refractivity contribution in [2.45, 2.75) is 51.0 Å². The highest BCUT2D eigenvalue weighted by atomic mass is 19.4. The quantitative estimate of drug-likeness (QED) is 0.137. The van der Waals surface area contributed by atoms with Crippen LogP contribution in [0.25, 0.3) is 22.4 Å². The van der Waals surface area contributed by atoms with E-state index in [9.17, 15) is 28.0 Å². The van der Waals surface area contributed by atoms with Crippen LogP contribution < -0.4 is 15.2 Å². The fourth-order valence-corrected chi connectivity index (χ4v) is 6.36. The molecule has 2 fully saturated rings.